The normalized spacial score (nSPS) is 23.5. The lowest BCUT2D eigenvalue weighted by molar-refractivity contribution is 0.0696. The molecule has 0 radical (unpaired) electrons. The quantitative estimate of drug-likeness (QED) is 0.726. The third kappa shape index (κ3) is 3.57. The highest BCUT2D eigenvalue weighted by molar-refractivity contribution is 7.92. The minimum absolute atomic E-state index is 0.104. The van der Waals surface area contributed by atoms with Crippen LogP contribution in [-0.4, -0.2) is 67.5 Å². The molecule has 11 heteroatoms. The van der Waals surface area contributed by atoms with Crippen molar-refractivity contribution in [1.82, 2.24) is 4.31 Å². The van der Waals surface area contributed by atoms with Gasteiger partial charge in [0.2, 0.25) is 10.0 Å². The molecule has 1 aliphatic rings. The Morgan fingerprint density at radius 3 is 2.46 bits per heavy atom. The van der Waals surface area contributed by atoms with Crippen LogP contribution in [0.4, 0.5) is 0 Å². The fourth-order valence-electron chi connectivity index (χ4n) is 2.63. The molecule has 0 saturated carbocycles. The van der Waals surface area contributed by atoms with Gasteiger partial charge in [-0.3, -0.25) is 0 Å². The molecule has 0 amide bonds. The molecular formula is C13H16ClNO7S2. The molecule has 0 aliphatic carbocycles. The molecule has 24 heavy (non-hydrogen) atoms. The molecule has 2 atom stereocenters. The zero-order valence-corrected chi connectivity index (χ0v) is 15.0. The fraction of sp³-hybridized carbons (Fsp3) is 0.462. The van der Waals surface area contributed by atoms with E-state index in [1.54, 1.807) is 0 Å². The minimum Gasteiger partial charge on any atom is -0.478 e. The maximum absolute atomic E-state index is 12.8. The summed E-state index contributed by atoms with van der Waals surface area (Å²) in [5.74, 6) is -2.35. The van der Waals surface area contributed by atoms with Crippen molar-refractivity contribution >= 4 is 37.4 Å². The second-order valence-corrected chi connectivity index (χ2v) is 9.79. The van der Waals surface area contributed by atoms with E-state index in [1.807, 2.05) is 0 Å². The molecule has 1 aliphatic heterocycles. The number of carboxylic acids is 1. The van der Waals surface area contributed by atoms with Gasteiger partial charge in [0.05, 0.1) is 34.2 Å². The average molecular weight is 398 g/mol. The van der Waals surface area contributed by atoms with E-state index in [1.165, 1.54) is 6.92 Å². The van der Waals surface area contributed by atoms with E-state index >= 15 is 0 Å². The van der Waals surface area contributed by atoms with Gasteiger partial charge in [-0.15, -0.1) is 0 Å². The molecule has 1 fully saturated rings. The van der Waals surface area contributed by atoms with Crippen LogP contribution in [0.3, 0.4) is 0 Å². The van der Waals surface area contributed by atoms with Crippen LogP contribution in [0.15, 0.2) is 23.1 Å². The van der Waals surface area contributed by atoms with Gasteiger partial charge in [0, 0.05) is 6.54 Å². The number of hydrogen-bond donors (Lipinski definition) is 2. The first kappa shape index (κ1) is 19.1. The molecule has 134 valence electrons. The Morgan fingerprint density at radius 2 is 2.00 bits per heavy atom. The zero-order chi connectivity index (χ0) is 18.3. The predicted octanol–water partition coefficient (Wildman–Crippen LogP) is 0.207. The van der Waals surface area contributed by atoms with E-state index in [4.69, 9.17) is 16.7 Å². The Kier molecular flexibility index (Phi) is 5.26. The summed E-state index contributed by atoms with van der Waals surface area (Å²) in [6, 6.07) is 2.08. The average Bonchev–Trinajstić information content (AvgIpc) is 2.72. The van der Waals surface area contributed by atoms with E-state index in [0.717, 1.165) is 22.5 Å². The summed E-state index contributed by atoms with van der Waals surface area (Å²) in [4.78, 5) is 10.6. The largest absolute Gasteiger partial charge is 0.478 e. The monoisotopic (exact) mass is 397 g/mol. The smallest absolute Gasteiger partial charge is 0.335 e. The third-order valence-electron chi connectivity index (χ3n) is 3.74. The Morgan fingerprint density at radius 1 is 1.38 bits per heavy atom. The molecule has 1 aromatic rings. The van der Waals surface area contributed by atoms with Crippen LogP contribution < -0.4 is 0 Å². The van der Waals surface area contributed by atoms with Crippen LogP contribution in [0, 0.1) is 0 Å². The summed E-state index contributed by atoms with van der Waals surface area (Å²) in [6.45, 7) is 1.39. The second-order valence-electron chi connectivity index (χ2n) is 5.37. The van der Waals surface area contributed by atoms with Gasteiger partial charge in [0.15, 0.2) is 9.84 Å². The molecular weight excluding hydrogens is 382 g/mol. The fourth-order valence-corrected chi connectivity index (χ4v) is 6.69. The van der Waals surface area contributed by atoms with Gasteiger partial charge >= 0.3 is 5.97 Å². The number of nitrogens with zero attached hydrogens (tertiary/aromatic N) is 1. The summed E-state index contributed by atoms with van der Waals surface area (Å²) >= 11 is 5.91. The second kappa shape index (κ2) is 6.60. The number of aliphatic hydroxyl groups is 1. The van der Waals surface area contributed by atoms with Gasteiger partial charge in [-0.2, -0.15) is 4.31 Å². The van der Waals surface area contributed by atoms with Crippen LogP contribution in [0.1, 0.15) is 17.3 Å². The lowest BCUT2D eigenvalue weighted by Gasteiger charge is -2.28. The summed E-state index contributed by atoms with van der Waals surface area (Å²) in [5, 5.41) is 18.8. The SMILES string of the molecule is CCN([C@@H]1CS(=O)(=O)C[C@@H]1O)S(=O)(=O)c1cc(C(=O)O)ccc1Cl. The van der Waals surface area contributed by atoms with Crippen molar-refractivity contribution in [3.8, 4) is 0 Å². The topological polar surface area (TPSA) is 129 Å². The number of carboxylic acid groups (broad SMARTS) is 1. The van der Waals surface area contributed by atoms with Crippen molar-refractivity contribution < 1.29 is 31.8 Å². The number of benzene rings is 1. The molecule has 0 bridgehead atoms. The number of aliphatic hydroxyl groups excluding tert-OH is 1. The lowest BCUT2D eigenvalue weighted by atomic mass is 10.2. The Labute approximate surface area is 144 Å². The highest BCUT2D eigenvalue weighted by Crippen LogP contribution is 2.30. The highest BCUT2D eigenvalue weighted by atomic mass is 35.5. The Hall–Kier alpha value is -1.20. The molecule has 2 N–H and O–H groups in total. The van der Waals surface area contributed by atoms with E-state index in [9.17, 15) is 26.7 Å². The summed E-state index contributed by atoms with van der Waals surface area (Å²) in [5.41, 5.74) is -0.270. The number of carbonyl (C=O) groups is 1. The van der Waals surface area contributed by atoms with Crippen molar-refractivity contribution in [2.24, 2.45) is 0 Å². The van der Waals surface area contributed by atoms with Crippen molar-refractivity contribution in [3.05, 3.63) is 28.8 Å². The number of halogens is 1. The first-order chi connectivity index (χ1) is 11.0. The Bertz CT molecular complexity index is 866. The number of hydrogen-bond acceptors (Lipinski definition) is 6. The summed E-state index contributed by atoms with van der Waals surface area (Å²) < 4.78 is 49.9. The van der Waals surface area contributed by atoms with E-state index in [2.05, 4.69) is 0 Å². The molecule has 8 nitrogen and oxygen atoms in total. The van der Waals surface area contributed by atoms with Gasteiger partial charge in [-0.05, 0) is 18.2 Å². The van der Waals surface area contributed by atoms with Crippen molar-refractivity contribution in [2.75, 3.05) is 18.1 Å². The van der Waals surface area contributed by atoms with Crippen LogP contribution >= 0.6 is 11.6 Å². The Balaban J connectivity index is 2.52. The maximum Gasteiger partial charge on any atom is 0.335 e. The first-order valence-corrected chi connectivity index (χ1v) is 10.6. The lowest BCUT2D eigenvalue weighted by Crippen LogP contribution is -2.46. The standard InChI is InChI=1S/C13H16ClNO7S2/c1-2-15(10-6-23(19,20)7-11(10)16)24(21,22)12-5-8(13(17)18)3-4-9(12)14/h3-5,10-11,16H,2,6-7H2,1H3,(H,17,18)/t10-,11+/m1/s1. The summed E-state index contributed by atoms with van der Waals surface area (Å²) in [7, 11) is -7.85. The van der Waals surface area contributed by atoms with Gasteiger partial charge in [-0.1, -0.05) is 18.5 Å². The number of aromatic carboxylic acids is 1. The molecule has 0 spiro atoms. The van der Waals surface area contributed by atoms with Gasteiger partial charge in [0.25, 0.3) is 0 Å². The van der Waals surface area contributed by atoms with Crippen molar-refractivity contribution in [3.63, 3.8) is 0 Å². The van der Waals surface area contributed by atoms with Gasteiger partial charge in [0.1, 0.15) is 4.90 Å². The number of rotatable bonds is 5. The van der Waals surface area contributed by atoms with E-state index in [-0.39, 0.29) is 17.1 Å². The summed E-state index contributed by atoms with van der Waals surface area (Å²) in [6.07, 6.45) is -1.36. The number of likely N-dealkylation sites (N-methyl/N-ethyl adjacent to an activating group) is 1. The predicted molar refractivity (Wildman–Crippen MR) is 86.4 cm³/mol. The number of sulfonamides is 1. The van der Waals surface area contributed by atoms with Crippen LogP contribution in [-0.2, 0) is 19.9 Å². The molecule has 2 rings (SSSR count). The van der Waals surface area contributed by atoms with Crippen LogP contribution in [0.2, 0.25) is 5.02 Å². The molecule has 0 aromatic heterocycles. The van der Waals surface area contributed by atoms with Gasteiger partial charge in [-0.25, -0.2) is 21.6 Å². The van der Waals surface area contributed by atoms with Crippen LogP contribution in [0.25, 0.3) is 0 Å². The van der Waals surface area contributed by atoms with Crippen molar-refractivity contribution in [1.29, 1.82) is 0 Å². The molecule has 1 aromatic carbocycles. The van der Waals surface area contributed by atoms with E-state index in [0.29, 0.717) is 0 Å². The molecule has 0 unspecified atom stereocenters. The minimum atomic E-state index is -4.29. The number of sulfone groups is 1. The third-order valence-corrected chi connectivity index (χ3v) is 7.92. The maximum atomic E-state index is 12.8. The zero-order valence-electron chi connectivity index (χ0n) is 12.6. The molecule has 1 heterocycles. The molecule has 1 saturated heterocycles. The van der Waals surface area contributed by atoms with Crippen LogP contribution in [0.5, 0.6) is 0 Å². The first-order valence-electron chi connectivity index (χ1n) is 6.93. The van der Waals surface area contributed by atoms with Crippen molar-refractivity contribution in [2.45, 2.75) is 24.0 Å². The highest BCUT2D eigenvalue weighted by Gasteiger charge is 2.44. The van der Waals surface area contributed by atoms with Gasteiger partial charge < -0.3 is 10.2 Å². The van der Waals surface area contributed by atoms with E-state index < -0.39 is 54.4 Å².